The molecule has 3 rings (SSSR count). The number of anilines is 1. The Labute approximate surface area is 143 Å². The van der Waals surface area contributed by atoms with Gasteiger partial charge in [0.05, 0.1) is 5.75 Å². The van der Waals surface area contributed by atoms with Crippen molar-refractivity contribution in [3.63, 3.8) is 0 Å². The highest BCUT2D eigenvalue weighted by molar-refractivity contribution is 7.88. The highest BCUT2D eigenvalue weighted by Crippen LogP contribution is 2.16. The number of nitrogens with zero attached hydrogens (tertiary/aromatic N) is 3. The lowest BCUT2D eigenvalue weighted by atomic mass is 10.1. The first kappa shape index (κ1) is 16.9. The molecule has 1 aromatic heterocycles. The Bertz CT molecular complexity index is 763. The van der Waals surface area contributed by atoms with Crippen molar-refractivity contribution in [1.82, 2.24) is 14.7 Å². The van der Waals surface area contributed by atoms with E-state index in [4.69, 9.17) is 0 Å². The van der Waals surface area contributed by atoms with Gasteiger partial charge in [-0.1, -0.05) is 29.8 Å². The summed E-state index contributed by atoms with van der Waals surface area (Å²) in [5.74, 6) is 0.658. The maximum absolute atomic E-state index is 12.4. The quantitative estimate of drug-likeness (QED) is 0.894. The molecule has 1 aromatic carbocycles. The van der Waals surface area contributed by atoms with Crippen LogP contribution in [0.1, 0.15) is 24.0 Å². The van der Waals surface area contributed by atoms with Crippen molar-refractivity contribution in [1.29, 1.82) is 0 Å². The van der Waals surface area contributed by atoms with Crippen LogP contribution in [0.4, 0.5) is 5.95 Å². The van der Waals surface area contributed by atoms with Gasteiger partial charge in [0.1, 0.15) is 0 Å². The van der Waals surface area contributed by atoms with Crippen molar-refractivity contribution in [3.05, 3.63) is 53.9 Å². The van der Waals surface area contributed by atoms with E-state index >= 15 is 0 Å². The molecule has 0 aliphatic carbocycles. The molecule has 2 heterocycles. The van der Waals surface area contributed by atoms with Crippen LogP contribution >= 0.6 is 0 Å². The monoisotopic (exact) mass is 346 g/mol. The normalized spacial score (nSPS) is 18.5. The zero-order chi connectivity index (χ0) is 17.0. The molecule has 0 saturated carbocycles. The average molecular weight is 346 g/mol. The van der Waals surface area contributed by atoms with Crippen molar-refractivity contribution in [2.75, 3.05) is 18.0 Å². The van der Waals surface area contributed by atoms with Crippen LogP contribution < -0.4 is 9.62 Å². The van der Waals surface area contributed by atoms with Gasteiger partial charge in [-0.2, -0.15) is 0 Å². The first-order chi connectivity index (χ1) is 11.5. The lowest BCUT2D eigenvalue weighted by Gasteiger charge is -2.32. The van der Waals surface area contributed by atoms with Crippen LogP contribution in [-0.2, 0) is 15.8 Å². The van der Waals surface area contributed by atoms with E-state index in [1.165, 1.54) is 0 Å². The van der Waals surface area contributed by atoms with E-state index in [0.29, 0.717) is 12.5 Å². The largest absolute Gasteiger partial charge is 0.339 e. The summed E-state index contributed by atoms with van der Waals surface area (Å²) in [6, 6.07) is 9.24. The summed E-state index contributed by atoms with van der Waals surface area (Å²) in [7, 11) is -3.37. The van der Waals surface area contributed by atoms with Crippen LogP contribution in [0, 0.1) is 6.92 Å². The highest BCUT2D eigenvalue weighted by atomic mass is 32.2. The van der Waals surface area contributed by atoms with E-state index in [-0.39, 0.29) is 11.8 Å². The maximum Gasteiger partial charge on any atom is 0.225 e. The summed E-state index contributed by atoms with van der Waals surface area (Å²) in [4.78, 5) is 10.5. The van der Waals surface area contributed by atoms with Crippen LogP contribution in [0.2, 0.25) is 0 Å². The summed E-state index contributed by atoms with van der Waals surface area (Å²) in [5, 5.41) is 0. The number of rotatable bonds is 5. The van der Waals surface area contributed by atoms with Gasteiger partial charge in [-0.3, -0.25) is 0 Å². The van der Waals surface area contributed by atoms with Crippen molar-refractivity contribution >= 4 is 16.0 Å². The molecule has 2 aromatic rings. The molecule has 0 radical (unpaired) electrons. The van der Waals surface area contributed by atoms with Crippen molar-refractivity contribution < 1.29 is 8.42 Å². The van der Waals surface area contributed by atoms with Gasteiger partial charge in [0.2, 0.25) is 16.0 Å². The Morgan fingerprint density at radius 2 is 1.92 bits per heavy atom. The van der Waals surface area contributed by atoms with Crippen LogP contribution in [-0.4, -0.2) is 37.5 Å². The second-order valence-corrected chi connectivity index (χ2v) is 7.95. The molecule has 1 saturated heterocycles. The number of piperidine rings is 1. The Kier molecular flexibility index (Phi) is 5.11. The fourth-order valence-corrected chi connectivity index (χ4v) is 4.32. The number of nitrogens with one attached hydrogen (secondary N) is 1. The molecule has 128 valence electrons. The summed E-state index contributed by atoms with van der Waals surface area (Å²) in [5.41, 5.74) is 1.92. The Morgan fingerprint density at radius 3 is 2.62 bits per heavy atom. The molecule has 1 unspecified atom stereocenters. The Hall–Kier alpha value is -1.99. The molecule has 0 bridgehead atoms. The van der Waals surface area contributed by atoms with Gasteiger partial charge in [0.25, 0.3) is 0 Å². The van der Waals surface area contributed by atoms with Crippen LogP contribution in [0.3, 0.4) is 0 Å². The average Bonchev–Trinajstić information content (AvgIpc) is 2.57. The van der Waals surface area contributed by atoms with Crippen molar-refractivity contribution in [2.45, 2.75) is 31.6 Å². The van der Waals surface area contributed by atoms with Gasteiger partial charge >= 0.3 is 0 Å². The molecular weight excluding hydrogens is 324 g/mol. The second-order valence-electron chi connectivity index (χ2n) is 6.20. The predicted octanol–water partition coefficient (Wildman–Crippen LogP) is 1.87. The van der Waals surface area contributed by atoms with Gasteiger partial charge in [-0.15, -0.1) is 0 Å². The van der Waals surface area contributed by atoms with Gasteiger partial charge in [0, 0.05) is 31.5 Å². The third-order valence-corrected chi connectivity index (χ3v) is 5.49. The number of hydrogen-bond acceptors (Lipinski definition) is 5. The molecule has 1 atom stereocenters. The molecule has 7 heteroatoms. The van der Waals surface area contributed by atoms with E-state index in [0.717, 1.165) is 30.5 Å². The second kappa shape index (κ2) is 7.27. The van der Waals surface area contributed by atoms with Gasteiger partial charge in [-0.25, -0.2) is 23.1 Å². The van der Waals surface area contributed by atoms with Crippen LogP contribution in [0.5, 0.6) is 0 Å². The fraction of sp³-hybridized carbons (Fsp3) is 0.412. The van der Waals surface area contributed by atoms with E-state index < -0.39 is 10.0 Å². The molecule has 0 spiro atoms. The van der Waals surface area contributed by atoms with Crippen LogP contribution in [0.25, 0.3) is 0 Å². The number of hydrogen-bond donors (Lipinski definition) is 1. The number of aromatic nitrogens is 2. The number of sulfonamides is 1. The van der Waals surface area contributed by atoms with E-state index in [1.807, 2.05) is 36.1 Å². The minimum Gasteiger partial charge on any atom is -0.339 e. The SMILES string of the molecule is Cc1ccc(CS(=O)(=O)NC2CCCN(c3ncccn3)C2)cc1. The van der Waals surface area contributed by atoms with Gasteiger partial charge in [0.15, 0.2) is 0 Å². The summed E-state index contributed by atoms with van der Waals surface area (Å²) >= 11 is 0. The van der Waals surface area contributed by atoms with Crippen LogP contribution in [0.15, 0.2) is 42.7 Å². The number of aryl methyl sites for hydroxylation is 1. The third-order valence-electron chi connectivity index (χ3n) is 4.08. The molecule has 1 N–H and O–H groups in total. The standard InChI is InChI=1S/C17H22N4O2S/c1-14-5-7-15(8-6-14)13-24(22,23)20-16-4-2-11-21(12-16)17-18-9-3-10-19-17/h3,5-10,16,20H,2,4,11-13H2,1H3. The van der Waals surface area contributed by atoms with Gasteiger partial charge in [-0.05, 0) is 31.4 Å². The molecule has 1 aliphatic rings. The highest BCUT2D eigenvalue weighted by Gasteiger charge is 2.25. The predicted molar refractivity (Wildman–Crippen MR) is 94.2 cm³/mol. The lowest BCUT2D eigenvalue weighted by Crippen LogP contribution is -2.48. The van der Waals surface area contributed by atoms with Crippen molar-refractivity contribution in [2.24, 2.45) is 0 Å². The minimum absolute atomic E-state index is 0.00557. The molecule has 0 amide bonds. The van der Waals surface area contributed by atoms with Crippen molar-refractivity contribution in [3.8, 4) is 0 Å². The smallest absolute Gasteiger partial charge is 0.225 e. The molecular formula is C17H22N4O2S. The first-order valence-electron chi connectivity index (χ1n) is 8.09. The first-order valence-corrected chi connectivity index (χ1v) is 9.74. The lowest BCUT2D eigenvalue weighted by molar-refractivity contribution is 0.461. The molecule has 24 heavy (non-hydrogen) atoms. The topological polar surface area (TPSA) is 75.2 Å². The summed E-state index contributed by atoms with van der Waals surface area (Å²) in [6.07, 6.45) is 5.15. The zero-order valence-corrected chi connectivity index (χ0v) is 14.5. The zero-order valence-electron chi connectivity index (χ0n) is 13.7. The van der Waals surface area contributed by atoms with Gasteiger partial charge < -0.3 is 4.90 Å². The Balaban J connectivity index is 1.63. The number of benzene rings is 1. The van der Waals surface area contributed by atoms with E-state index in [9.17, 15) is 8.42 Å². The fourth-order valence-electron chi connectivity index (χ4n) is 2.91. The van der Waals surface area contributed by atoms with E-state index in [2.05, 4.69) is 14.7 Å². The summed E-state index contributed by atoms with van der Waals surface area (Å²) < 4.78 is 27.7. The molecule has 6 nitrogen and oxygen atoms in total. The Morgan fingerprint density at radius 1 is 1.21 bits per heavy atom. The maximum atomic E-state index is 12.4. The minimum atomic E-state index is -3.37. The van der Waals surface area contributed by atoms with E-state index in [1.54, 1.807) is 18.5 Å². The molecule has 1 fully saturated rings. The molecule has 1 aliphatic heterocycles. The third kappa shape index (κ3) is 4.52. The summed E-state index contributed by atoms with van der Waals surface area (Å²) in [6.45, 7) is 3.43.